The number of rotatable bonds is 7. The van der Waals surface area contributed by atoms with Crippen molar-refractivity contribution in [1.82, 2.24) is 0 Å². The highest BCUT2D eigenvalue weighted by molar-refractivity contribution is 5.20. The number of hydrogen-bond donors (Lipinski definition) is 6. The summed E-state index contributed by atoms with van der Waals surface area (Å²) in [6.07, 6.45) is 2.60. The van der Waals surface area contributed by atoms with E-state index >= 15 is 0 Å². The zero-order valence-electron chi connectivity index (χ0n) is 28.5. The zero-order valence-corrected chi connectivity index (χ0v) is 28.5. The molecule has 8 nitrogen and oxygen atoms in total. The molecule has 1 saturated heterocycles. The molecular weight excluding hydrogens is 560 g/mol. The van der Waals surface area contributed by atoms with Gasteiger partial charge < -0.3 is 40.1 Å². The molecule has 1 aliphatic heterocycles. The summed E-state index contributed by atoms with van der Waals surface area (Å²) in [4.78, 5) is 0. The molecule has 15 atom stereocenters. The van der Waals surface area contributed by atoms with Gasteiger partial charge in [-0.3, -0.25) is 0 Å². The van der Waals surface area contributed by atoms with Crippen LogP contribution in [0.1, 0.15) is 113 Å². The summed E-state index contributed by atoms with van der Waals surface area (Å²) in [5.74, 6) is 0.713. The number of ether oxygens (including phenoxy) is 2. The second-order valence-corrected chi connectivity index (χ2v) is 17.3. The Morgan fingerprint density at radius 2 is 1.52 bits per heavy atom. The second-order valence-electron chi connectivity index (χ2n) is 17.3. The Hall–Kier alpha value is -0.580. The minimum Gasteiger partial charge on any atom is -0.394 e. The van der Waals surface area contributed by atoms with E-state index in [0.29, 0.717) is 18.3 Å². The van der Waals surface area contributed by atoms with Crippen molar-refractivity contribution in [3.05, 3.63) is 11.6 Å². The van der Waals surface area contributed by atoms with Crippen LogP contribution in [-0.2, 0) is 9.47 Å². The van der Waals surface area contributed by atoms with Gasteiger partial charge in [0.25, 0.3) is 0 Å². The van der Waals surface area contributed by atoms with Crippen molar-refractivity contribution in [1.29, 1.82) is 0 Å². The Bertz CT molecular complexity index is 1070. The molecule has 0 amide bonds. The standard InChI is InChI=1S/C36H62O8/c1-20(2)10-9-14-36(8,44-31-30(42)29(41)28(40)23(19-37)43-31)21-11-16-35(7)27(21)22(38)18-25-33(5)15-13-26(39)32(3,4)24(33)12-17-34(25,35)6/h10,21-31,37-42H,9,11-19H2,1-8H3/t21?,22-,23?,24?,25?,26?,27?,28-,29-,30?,31+,33+,34-,35-,36+/m1/s1. The lowest BCUT2D eigenvalue weighted by atomic mass is 9.35. The summed E-state index contributed by atoms with van der Waals surface area (Å²) in [6, 6.07) is 0. The van der Waals surface area contributed by atoms with Crippen molar-refractivity contribution in [2.24, 2.45) is 45.3 Å². The van der Waals surface area contributed by atoms with E-state index in [1.54, 1.807) is 0 Å². The minimum atomic E-state index is -1.50. The van der Waals surface area contributed by atoms with Crippen LogP contribution < -0.4 is 0 Å². The Morgan fingerprint density at radius 1 is 0.864 bits per heavy atom. The SMILES string of the molecule is CC(C)=CCC[C@](C)(O[C@@H]1OC(CO)[C@@H](O)[C@@H](O)C1O)C1CC[C@]2(C)C1[C@H](O)CC1[C@@]3(C)CCC(O)C(C)(C)C3CC[C@]12C. The Morgan fingerprint density at radius 3 is 2.16 bits per heavy atom. The molecule has 6 N–H and O–H groups in total. The average Bonchev–Trinajstić information content (AvgIpc) is 3.33. The van der Waals surface area contributed by atoms with Gasteiger partial charge in [0.05, 0.1) is 24.4 Å². The molecule has 254 valence electrons. The molecule has 4 aliphatic carbocycles. The van der Waals surface area contributed by atoms with Crippen LogP contribution in [0.2, 0.25) is 0 Å². The zero-order chi connectivity index (χ0) is 32.6. The van der Waals surface area contributed by atoms with Crippen molar-refractivity contribution < 1.29 is 40.1 Å². The Balaban J connectivity index is 1.49. The summed E-state index contributed by atoms with van der Waals surface area (Å²) in [6.45, 7) is 17.5. The highest BCUT2D eigenvalue weighted by Gasteiger charge is 2.71. The van der Waals surface area contributed by atoms with Crippen molar-refractivity contribution in [2.45, 2.75) is 162 Å². The maximum Gasteiger partial charge on any atom is 0.187 e. The molecule has 5 rings (SSSR count). The van der Waals surface area contributed by atoms with Gasteiger partial charge in [-0.1, -0.05) is 46.3 Å². The first kappa shape index (κ1) is 34.7. The van der Waals surface area contributed by atoms with E-state index in [1.165, 1.54) is 5.57 Å². The van der Waals surface area contributed by atoms with Gasteiger partial charge in [0.15, 0.2) is 6.29 Å². The maximum atomic E-state index is 12.2. The van der Waals surface area contributed by atoms with Crippen molar-refractivity contribution in [3.63, 3.8) is 0 Å². The largest absolute Gasteiger partial charge is 0.394 e. The molecule has 0 aromatic rings. The first-order valence-electron chi connectivity index (χ1n) is 17.3. The Kier molecular flexibility index (Phi) is 9.35. The summed E-state index contributed by atoms with van der Waals surface area (Å²) in [5, 5.41) is 65.0. The van der Waals surface area contributed by atoms with Crippen LogP contribution in [-0.4, -0.2) is 85.8 Å². The summed E-state index contributed by atoms with van der Waals surface area (Å²) in [7, 11) is 0. The number of fused-ring (bicyclic) bond motifs is 5. The van der Waals surface area contributed by atoms with Gasteiger partial charge in [0.1, 0.15) is 24.4 Å². The summed E-state index contributed by atoms with van der Waals surface area (Å²) < 4.78 is 12.6. The van der Waals surface area contributed by atoms with E-state index in [-0.39, 0.29) is 39.6 Å². The molecule has 5 aliphatic rings. The van der Waals surface area contributed by atoms with Gasteiger partial charge >= 0.3 is 0 Å². The molecule has 8 heteroatoms. The monoisotopic (exact) mass is 622 g/mol. The highest BCUT2D eigenvalue weighted by atomic mass is 16.7. The van der Waals surface area contributed by atoms with Crippen molar-refractivity contribution in [2.75, 3.05) is 6.61 Å². The van der Waals surface area contributed by atoms with Crippen LogP contribution in [0.5, 0.6) is 0 Å². The van der Waals surface area contributed by atoms with E-state index in [4.69, 9.17) is 9.47 Å². The predicted molar refractivity (Wildman–Crippen MR) is 168 cm³/mol. The van der Waals surface area contributed by atoms with Crippen LogP contribution in [0.4, 0.5) is 0 Å². The molecule has 44 heavy (non-hydrogen) atoms. The molecule has 0 radical (unpaired) electrons. The minimum absolute atomic E-state index is 0.0131. The van der Waals surface area contributed by atoms with Gasteiger partial charge in [0, 0.05) is 0 Å². The fourth-order valence-electron chi connectivity index (χ4n) is 11.8. The van der Waals surface area contributed by atoms with Crippen LogP contribution in [0, 0.1) is 45.3 Å². The lowest BCUT2D eigenvalue weighted by Gasteiger charge is -2.70. The molecule has 1 heterocycles. The van der Waals surface area contributed by atoms with Crippen LogP contribution in [0.15, 0.2) is 11.6 Å². The van der Waals surface area contributed by atoms with E-state index < -0.39 is 49.0 Å². The van der Waals surface area contributed by atoms with Crippen LogP contribution in [0.3, 0.4) is 0 Å². The molecule has 4 saturated carbocycles. The first-order chi connectivity index (χ1) is 20.4. The van der Waals surface area contributed by atoms with Gasteiger partial charge in [-0.15, -0.1) is 0 Å². The lowest BCUT2D eigenvalue weighted by Crippen LogP contribution is -2.67. The lowest BCUT2D eigenvalue weighted by molar-refractivity contribution is -0.336. The summed E-state index contributed by atoms with van der Waals surface area (Å²) in [5.41, 5.74) is 0.171. The van der Waals surface area contributed by atoms with E-state index in [0.717, 1.165) is 51.4 Å². The molecule has 7 unspecified atom stereocenters. The second kappa shape index (κ2) is 11.8. The summed E-state index contributed by atoms with van der Waals surface area (Å²) >= 11 is 0. The molecule has 0 bridgehead atoms. The first-order valence-corrected chi connectivity index (χ1v) is 17.3. The smallest absolute Gasteiger partial charge is 0.187 e. The van der Waals surface area contributed by atoms with Crippen LogP contribution in [0.25, 0.3) is 0 Å². The van der Waals surface area contributed by atoms with E-state index in [2.05, 4.69) is 61.5 Å². The van der Waals surface area contributed by atoms with Crippen LogP contribution >= 0.6 is 0 Å². The fraction of sp³-hybridized carbons (Fsp3) is 0.944. The third-order valence-corrected chi connectivity index (χ3v) is 14.6. The van der Waals surface area contributed by atoms with Gasteiger partial charge in [-0.2, -0.15) is 0 Å². The number of hydrogen-bond acceptors (Lipinski definition) is 8. The normalized spacial score (nSPS) is 51.5. The molecule has 5 fully saturated rings. The van der Waals surface area contributed by atoms with Crippen molar-refractivity contribution >= 4 is 0 Å². The quantitative estimate of drug-likeness (QED) is 0.231. The topological polar surface area (TPSA) is 140 Å². The predicted octanol–water partition coefficient (Wildman–Crippen LogP) is 4.32. The third-order valence-electron chi connectivity index (χ3n) is 14.6. The number of aliphatic hydroxyl groups is 6. The Labute approximate surface area is 265 Å². The maximum absolute atomic E-state index is 12.2. The molecule has 0 aromatic carbocycles. The highest BCUT2D eigenvalue weighted by Crippen LogP contribution is 2.76. The number of allylic oxidation sites excluding steroid dienone is 2. The molecule has 0 spiro atoms. The van der Waals surface area contributed by atoms with Gasteiger partial charge in [0.2, 0.25) is 0 Å². The third kappa shape index (κ3) is 5.17. The average molecular weight is 623 g/mol. The fourth-order valence-corrected chi connectivity index (χ4v) is 11.8. The van der Waals surface area contributed by atoms with Gasteiger partial charge in [-0.05, 0) is 124 Å². The molecule has 0 aromatic heterocycles. The number of aliphatic hydroxyl groups excluding tert-OH is 6. The molecular formula is C36H62O8. The van der Waals surface area contributed by atoms with E-state index in [9.17, 15) is 30.6 Å². The van der Waals surface area contributed by atoms with Gasteiger partial charge in [-0.25, -0.2) is 0 Å². The van der Waals surface area contributed by atoms with E-state index in [1.807, 2.05) is 0 Å². The van der Waals surface area contributed by atoms with Crippen molar-refractivity contribution in [3.8, 4) is 0 Å².